The van der Waals surface area contributed by atoms with E-state index in [-0.39, 0.29) is 0 Å². The first kappa shape index (κ1) is 12.3. The SMILES string of the molecule is NC(=O)C1=CCCC=C1N=Cc1ccc(Br)s1. The topological polar surface area (TPSA) is 55.5 Å². The Morgan fingerprint density at radius 3 is 2.82 bits per heavy atom. The van der Waals surface area contributed by atoms with Gasteiger partial charge in [0.25, 0.3) is 5.91 Å². The molecule has 0 aromatic carbocycles. The number of nitrogens with two attached hydrogens (primary N) is 1. The molecule has 88 valence electrons. The quantitative estimate of drug-likeness (QED) is 0.857. The zero-order valence-electron chi connectivity index (χ0n) is 9.02. The van der Waals surface area contributed by atoms with Gasteiger partial charge < -0.3 is 5.73 Å². The minimum atomic E-state index is -0.416. The first-order valence-electron chi connectivity index (χ1n) is 5.17. The Kier molecular flexibility index (Phi) is 3.91. The van der Waals surface area contributed by atoms with Crippen LogP contribution in [0.2, 0.25) is 0 Å². The lowest BCUT2D eigenvalue weighted by molar-refractivity contribution is -0.114. The summed E-state index contributed by atoms with van der Waals surface area (Å²) < 4.78 is 1.06. The Bertz CT molecular complexity index is 528. The molecule has 1 heterocycles. The van der Waals surface area contributed by atoms with Crippen molar-refractivity contribution < 1.29 is 4.79 Å². The third-order valence-electron chi connectivity index (χ3n) is 2.32. The summed E-state index contributed by atoms with van der Waals surface area (Å²) in [7, 11) is 0. The second-order valence-corrected chi connectivity index (χ2v) is 6.04. The second-order valence-electron chi connectivity index (χ2n) is 3.55. The molecule has 5 heteroatoms. The first-order valence-corrected chi connectivity index (χ1v) is 6.77. The van der Waals surface area contributed by atoms with Crippen LogP contribution in [0.3, 0.4) is 0 Å². The van der Waals surface area contributed by atoms with Crippen LogP contribution in [0.1, 0.15) is 17.7 Å². The van der Waals surface area contributed by atoms with E-state index >= 15 is 0 Å². The van der Waals surface area contributed by atoms with Gasteiger partial charge in [0.2, 0.25) is 0 Å². The number of allylic oxidation sites excluding steroid dienone is 2. The maximum Gasteiger partial charge on any atom is 0.250 e. The predicted molar refractivity (Wildman–Crippen MR) is 74.2 cm³/mol. The van der Waals surface area contributed by atoms with Gasteiger partial charge >= 0.3 is 0 Å². The number of carbonyl (C=O) groups excluding carboxylic acids is 1. The summed E-state index contributed by atoms with van der Waals surface area (Å²) in [4.78, 5) is 16.6. The van der Waals surface area contributed by atoms with E-state index < -0.39 is 5.91 Å². The fourth-order valence-corrected chi connectivity index (χ4v) is 2.84. The highest BCUT2D eigenvalue weighted by atomic mass is 79.9. The molecule has 0 saturated heterocycles. The molecule has 2 rings (SSSR count). The minimum Gasteiger partial charge on any atom is -0.366 e. The van der Waals surface area contributed by atoms with Gasteiger partial charge in [0.05, 0.1) is 15.1 Å². The van der Waals surface area contributed by atoms with Gasteiger partial charge in [0.15, 0.2) is 0 Å². The summed E-state index contributed by atoms with van der Waals surface area (Å²) >= 11 is 4.98. The Balaban J connectivity index is 2.18. The number of nitrogens with zero attached hydrogens (tertiary/aromatic N) is 1. The maximum absolute atomic E-state index is 11.2. The zero-order valence-corrected chi connectivity index (χ0v) is 11.4. The van der Waals surface area contributed by atoms with Gasteiger partial charge in [0, 0.05) is 11.1 Å². The molecule has 3 nitrogen and oxygen atoms in total. The highest BCUT2D eigenvalue weighted by molar-refractivity contribution is 9.11. The van der Waals surface area contributed by atoms with Crippen molar-refractivity contribution in [3.8, 4) is 0 Å². The number of primary amides is 1. The lowest BCUT2D eigenvalue weighted by atomic mass is 10.0. The van der Waals surface area contributed by atoms with Crippen LogP contribution in [-0.4, -0.2) is 12.1 Å². The van der Waals surface area contributed by atoms with E-state index in [1.54, 1.807) is 17.6 Å². The first-order chi connectivity index (χ1) is 8.16. The van der Waals surface area contributed by atoms with Gasteiger partial charge in [-0.1, -0.05) is 12.2 Å². The predicted octanol–water partition coefficient (Wildman–Crippen LogP) is 3.02. The molecule has 2 N–H and O–H groups in total. The van der Waals surface area contributed by atoms with Crippen molar-refractivity contribution in [3.63, 3.8) is 0 Å². The number of hydrogen-bond donors (Lipinski definition) is 1. The Labute approximate surface area is 112 Å². The molecule has 1 aromatic rings. The Morgan fingerprint density at radius 1 is 1.41 bits per heavy atom. The normalized spacial score (nSPS) is 15.8. The molecular formula is C12H11BrN2OS. The standard InChI is InChI=1S/C12H11BrN2OS/c13-11-6-5-8(17-11)7-15-10-4-2-1-3-9(10)12(14)16/h3-7H,1-2H2,(H2,14,16). The maximum atomic E-state index is 11.2. The Morgan fingerprint density at radius 2 is 2.18 bits per heavy atom. The van der Waals surface area contributed by atoms with Crippen LogP contribution in [0.15, 0.2) is 44.3 Å². The summed E-state index contributed by atoms with van der Waals surface area (Å²) in [5, 5.41) is 0. The largest absolute Gasteiger partial charge is 0.366 e. The van der Waals surface area contributed by atoms with E-state index in [0.717, 1.165) is 21.5 Å². The average molecular weight is 311 g/mol. The van der Waals surface area contributed by atoms with Crippen molar-refractivity contribution in [1.29, 1.82) is 0 Å². The molecule has 1 aromatic heterocycles. The van der Waals surface area contributed by atoms with Crippen molar-refractivity contribution in [3.05, 3.63) is 44.2 Å². The van der Waals surface area contributed by atoms with Gasteiger partial charge in [0.1, 0.15) is 0 Å². The minimum absolute atomic E-state index is 0.416. The van der Waals surface area contributed by atoms with Crippen molar-refractivity contribution in [1.82, 2.24) is 0 Å². The number of thiophene rings is 1. The molecule has 0 aliphatic heterocycles. The molecule has 1 aliphatic rings. The van der Waals surface area contributed by atoms with Crippen LogP contribution in [0.5, 0.6) is 0 Å². The molecular weight excluding hydrogens is 300 g/mol. The van der Waals surface area contributed by atoms with E-state index in [1.807, 2.05) is 24.3 Å². The highest BCUT2D eigenvalue weighted by Gasteiger charge is 2.12. The number of rotatable bonds is 3. The highest BCUT2D eigenvalue weighted by Crippen LogP contribution is 2.23. The van der Waals surface area contributed by atoms with Crippen molar-refractivity contribution in [2.75, 3.05) is 0 Å². The van der Waals surface area contributed by atoms with Crippen LogP contribution < -0.4 is 5.73 Å². The molecule has 17 heavy (non-hydrogen) atoms. The molecule has 0 atom stereocenters. The molecule has 0 bridgehead atoms. The third-order valence-corrected chi connectivity index (χ3v) is 3.88. The third kappa shape index (κ3) is 3.14. The van der Waals surface area contributed by atoms with Crippen LogP contribution in [0.4, 0.5) is 0 Å². The van der Waals surface area contributed by atoms with Gasteiger partial charge in [-0.25, -0.2) is 0 Å². The van der Waals surface area contributed by atoms with Crippen molar-refractivity contribution in [2.24, 2.45) is 10.7 Å². The molecule has 0 spiro atoms. The number of aliphatic imine (C=N–C) groups is 1. The summed E-state index contributed by atoms with van der Waals surface area (Å²) in [6, 6.07) is 3.93. The molecule has 0 unspecified atom stereocenters. The monoisotopic (exact) mass is 310 g/mol. The zero-order chi connectivity index (χ0) is 12.3. The molecule has 0 saturated carbocycles. The fraction of sp³-hybridized carbons (Fsp3) is 0.167. The molecule has 0 radical (unpaired) electrons. The summed E-state index contributed by atoms with van der Waals surface area (Å²) in [5.41, 5.74) is 6.49. The van der Waals surface area contributed by atoms with Gasteiger partial charge in [-0.05, 0) is 40.9 Å². The van der Waals surface area contributed by atoms with Gasteiger partial charge in [-0.15, -0.1) is 11.3 Å². The smallest absolute Gasteiger partial charge is 0.250 e. The van der Waals surface area contributed by atoms with Crippen LogP contribution >= 0.6 is 27.3 Å². The number of halogens is 1. The number of carbonyl (C=O) groups is 1. The van der Waals surface area contributed by atoms with Crippen molar-refractivity contribution in [2.45, 2.75) is 12.8 Å². The summed E-state index contributed by atoms with van der Waals surface area (Å²) in [6.07, 6.45) is 7.29. The Hall–Kier alpha value is -1.20. The van der Waals surface area contributed by atoms with E-state index in [2.05, 4.69) is 20.9 Å². The molecule has 1 aliphatic carbocycles. The molecule has 1 amide bonds. The summed E-state index contributed by atoms with van der Waals surface area (Å²) in [5.74, 6) is -0.416. The lowest BCUT2D eigenvalue weighted by Crippen LogP contribution is -2.16. The fourth-order valence-electron chi connectivity index (χ4n) is 1.54. The second kappa shape index (κ2) is 5.42. The summed E-state index contributed by atoms with van der Waals surface area (Å²) in [6.45, 7) is 0. The van der Waals surface area contributed by atoms with E-state index in [0.29, 0.717) is 11.3 Å². The van der Waals surface area contributed by atoms with Gasteiger partial charge in [-0.3, -0.25) is 9.79 Å². The average Bonchev–Trinajstić information content (AvgIpc) is 2.73. The number of hydrogen-bond acceptors (Lipinski definition) is 3. The molecule has 0 fully saturated rings. The lowest BCUT2D eigenvalue weighted by Gasteiger charge is -2.08. The van der Waals surface area contributed by atoms with Crippen molar-refractivity contribution >= 4 is 39.4 Å². The van der Waals surface area contributed by atoms with Gasteiger partial charge in [-0.2, -0.15) is 0 Å². The number of amides is 1. The van der Waals surface area contributed by atoms with Crippen LogP contribution in [0, 0.1) is 0 Å². The van der Waals surface area contributed by atoms with E-state index in [4.69, 9.17) is 5.73 Å². The van der Waals surface area contributed by atoms with E-state index in [1.165, 1.54) is 0 Å². The van der Waals surface area contributed by atoms with E-state index in [9.17, 15) is 4.79 Å². The van der Waals surface area contributed by atoms with Crippen LogP contribution in [-0.2, 0) is 4.79 Å². The van der Waals surface area contributed by atoms with Crippen LogP contribution in [0.25, 0.3) is 0 Å².